The summed E-state index contributed by atoms with van der Waals surface area (Å²) >= 11 is 0. The van der Waals surface area contributed by atoms with E-state index in [1.165, 1.54) is 0 Å². The number of fused-ring (bicyclic) bond motifs is 2. The second-order valence-electron chi connectivity index (χ2n) is 9.03. The number of nitrogens with one attached hydrogen (secondary N) is 2. The zero-order chi connectivity index (χ0) is 23.2. The van der Waals surface area contributed by atoms with Crippen LogP contribution in [0.3, 0.4) is 0 Å². The van der Waals surface area contributed by atoms with Gasteiger partial charge in [-0.25, -0.2) is 13.4 Å². The predicted molar refractivity (Wildman–Crippen MR) is 127 cm³/mol. The normalized spacial score (nSPS) is 21.8. The quantitative estimate of drug-likeness (QED) is 0.617. The van der Waals surface area contributed by atoms with Crippen LogP contribution in [0.5, 0.6) is 0 Å². The van der Waals surface area contributed by atoms with Crippen LogP contribution in [0.1, 0.15) is 44.0 Å². The zero-order valence-corrected chi connectivity index (χ0v) is 19.5. The molecule has 0 unspecified atom stereocenters. The van der Waals surface area contributed by atoms with Gasteiger partial charge in [-0.05, 0) is 43.0 Å². The number of nitrogens with zero attached hydrogens (tertiary/aromatic N) is 3. The molecule has 1 saturated heterocycles. The fourth-order valence-electron chi connectivity index (χ4n) is 4.61. The van der Waals surface area contributed by atoms with Crippen molar-refractivity contribution in [1.29, 1.82) is 0 Å². The van der Waals surface area contributed by atoms with Gasteiger partial charge < -0.3 is 9.88 Å². The Morgan fingerprint density at radius 3 is 2.70 bits per heavy atom. The number of hydrogen-bond acceptors (Lipinski definition) is 5. The highest BCUT2D eigenvalue weighted by Gasteiger charge is 2.35. The molecule has 0 aliphatic carbocycles. The van der Waals surface area contributed by atoms with Crippen molar-refractivity contribution in [3.63, 3.8) is 0 Å². The number of piperidine rings is 1. The standard InChI is InChI=1S/C24H27N5O3S/c1-15(2)21(27-23-17-9-3-6-12-20(17)33(31,32)28-23)24(30)29-13-7-8-16(14-29)22-25-18-10-4-5-11-19(18)26-22/h3-6,9-12,15-16,21H,7-8,13-14H2,1-2H3,(H,25,26)(H,27,28)/t16-,21-/m0/s1. The van der Waals surface area contributed by atoms with E-state index in [0.29, 0.717) is 18.7 Å². The smallest absolute Gasteiger partial charge is 0.263 e. The molecular formula is C24H27N5O3S. The molecule has 5 rings (SSSR count). The van der Waals surface area contributed by atoms with E-state index in [2.05, 4.69) is 14.7 Å². The van der Waals surface area contributed by atoms with E-state index in [-0.39, 0.29) is 28.5 Å². The SMILES string of the molecule is CC(C)[C@H](N=C1NS(=O)(=O)c2ccccc21)C(=O)N1CCC[C@H](c2nc3ccccc3[nH]2)C1. The van der Waals surface area contributed by atoms with Crippen LogP contribution in [0.4, 0.5) is 0 Å². The second-order valence-corrected chi connectivity index (χ2v) is 10.7. The Balaban J connectivity index is 1.40. The number of sulfonamides is 1. The summed E-state index contributed by atoms with van der Waals surface area (Å²) in [6, 6.07) is 14.0. The first-order valence-corrected chi connectivity index (χ1v) is 12.8. The second kappa shape index (κ2) is 8.30. The molecule has 2 atom stereocenters. The number of rotatable bonds is 4. The van der Waals surface area contributed by atoms with Gasteiger partial charge in [0.1, 0.15) is 17.7 Å². The Bertz CT molecular complexity index is 1310. The highest BCUT2D eigenvalue weighted by atomic mass is 32.2. The molecule has 0 bridgehead atoms. The summed E-state index contributed by atoms with van der Waals surface area (Å²) in [5.41, 5.74) is 2.43. The summed E-state index contributed by atoms with van der Waals surface area (Å²) in [6.45, 7) is 5.09. The maximum atomic E-state index is 13.6. The number of aliphatic imine (C=N–C) groups is 1. The van der Waals surface area contributed by atoms with Crippen LogP contribution in [0.25, 0.3) is 11.0 Å². The van der Waals surface area contributed by atoms with Crippen LogP contribution in [0, 0.1) is 5.92 Å². The van der Waals surface area contributed by atoms with Crippen molar-refractivity contribution in [3.8, 4) is 0 Å². The number of amidine groups is 1. The van der Waals surface area contributed by atoms with E-state index < -0.39 is 16.1 Å². The first-order chi connectivity index (χ1) is 15.8. The largest absolute Gasteiger partial charge is 0.342 e. The van der Waals surface area contributed by atoms with E-state index in [1.807, 2.05) is 43.0 Å². The summed E-state index contributed by atoms with van der Waals surface area (Å²) in [4.78, 5) is 28.4. The molecule has 1 amide bonds. The molecule has 2 aliphatic heterocycles. The molecule has 8 nitrogen and oxygen atoms in total. The molecule has 2 aromatic carbocycles. The Hall–Kier alpha value is -3.20. The number of imidazole rings is 1. The minimum absolute atomic E-state index is 0.0816. The molecular weight excluding hydrogens is 438 g/mol. The average Bonchev–Trinajstić information content (AvgIpc) is 3.36. The molecule has 33 heavy (non-hydrogen) atoms. The van der Waals surface area contributed by atoms with Gasteiger partial charge in [0.05, 0.1) is 15.9 Å². The van der Waals surface area contributed by atoms with Gasteiger partial charge in [-0.15, -0.1) is 0 Å². The van der Waals surface area contributed by atoms with Crippen molar-refractivity contribution in [2.24, 2.45) is 10.9 Å². The number of H-pyrrole nitrogens is 1. The Kier molecular flexibility index (Phi) is 5.44. The molecule has 1 aromatic heterocycles. The van der Waals surface area contributed by atoms with Gasteiger partial charge >= 0.3 is 0 Å². The first kappa shape index (κ1) is 21.6. The van der Waals surface area contributed by atoms with Gasteiger partial charge in [-0.1, -0.05) is 38.1 Å². The fraction of sp³-hybridized carbons (Fsp3) is 0.375. The summed E-state index contributed by atoms with van der Waals surface area (Å²) in [6.07, 6.45) is 1.84. The molecule has 2 N–H and O–H groups in total. The number of amides is 1. The molecule has 0 saturated carbocycles. The van der Waals surface area contributed by atoms with Crippen LogP contribution >= 0.6 is 0 Å². The Labute approximate surface area is 193 Å². The van der Waals surface area contributed by atoms with E-state index in [1.54, 1.807) is 24.3 Å². The number of aromatic nitrogens is 2. The summed E-state index contributed by atoms with van der Waals surface area (Å²) in [7, 11) is -3.65. The lowest BCUT2D eigenvalue weighted by molar-refractivity contribution is -0.134. The molecule has 2 aliphatic rings. The number of carbonyl (C=O) groups excluding carboxylic acids is 1. The minimum Gasteiger partial charge on any atom is -0.342 e. The maximum absolute atomic E-state index is 13.6. The Morgan fingerprint density at radius 2 is 1.91 bits per heavy atom. The zero-order valence-electron chi connectivity index (χ0n) is 18.7. The van der Waals surface area contributed by atoms with Crippen LogP contribution in [0.15, 0.2) is 58.4 Å². The number of benzene rings is 2. The van der Waals surface area contributed by atoms with E-state index in [0.717, 1.165) is 29.7 Å². The highest BCUT2D eigenvalue weighted by Crippen LogP contribution is 2.29. The molecule has 1 fully saturated rings. The number of carbonyl (C=O) groups is 1. The van der Waals surface area contributed by atoms with Crippen LogP contribution in [-0.4, -0.2) is 54.2 Å². The maximum Gasteiger partial charge on any atom is 0.263 e. The molecule has 0 spiro atoms. The Morgan fingerprint density at radius 1 is 1.15 bits per heavy atom. The molecule has 0 radical (unpaired) electrons. The monoisotopic (exact) mass is 465 g/mol. The minimum atomic E-state index is -3.65. The van der Waals surface area contributed by atoms with Gasteiger partial charge in [0.2, 0.25) is 5.91 Å². The first-order valence-electron chi connectivity index (χ1n) is 11.3. The van der Waals surface area contributed by atoms with Crippen molar-refractivity contribution >= 4 is 32.8 Å². The fourth-order valence-corrected chi connectivity index (χ4v) is 5.85. The van der Waals surface area contributed by atoms with Crippen molar-refractivity contribution in [2.45, 2.75) is 43.5 Å². The summed E-state index contributed by atoms with van der Waals surface area (Å²) in [5.74, 6) is 1.10. The molecule has 9 heteroatoms. The van der Waals surface area contributed by atoms with Gasteiger partial charge in [-0.3, -0.25) is 14.5 Å². The van der Waals surface area contributed by atoms with Crippen molar-refractivity contribution in [3.05, 3.63) is 59.9 Å². The van der Waals surface area contributed by atoms with Crippen LogP contribution in [-0.2, 0) is 14.8 Å². The van der Waals surface area contributed by atoms with Crippen LogP contribution in [0.2, 0.25) is 0 Å². The lowest BCUT2D eigenvalue weighted by atomic mass is 9.95. The predicted octanol–water partition coefficient (Wildman–Crippen LogP) is 3.03. The van der Waals surface area contributed by atoms with E-state index >= 15 is 0 Å². The van der Waals surface area contributed by atoms with Gasteiger partial charge in [-0.2, -0.15) is 0 Å². The lowest BCUT2D eigenvalue weighted by Gasteiger charge is -2.34. The van der Waals surface area contributed by atoms with Crippen molar-refractivity contribution in [2.75, 3.05) is 13.1 Å². The van der Waals surface area contributed by atoms with Crippen molar-refractivity contribution < 1.29 is 13.2 Å². The van der Waals surface area contributed by atoms with Gasteiger partial charge in [0.15, 0.2) is 0 Å². The summed E-state index contributed by atoms with van der Waals surface area (Å²) in [5, 5.41) is 0. The highest BCUT2D eigenvalue weighted by molar-refractivity contribution is 7.90. The third-order valence-corrected chi connectivity index (χ3v) is 7.74. The number of aromatic amines is 1. The number of hydrogen-bond donors (Lipinski definition) is 2. The topological polar surface area (TPSA) is 108 Å². The average molecular weight is 466 g/mol. The third-order valence-electron chi connectivity index (χ3n) is 6.34. The third kappa shape index (κ3) is 4.01. The van der Waals surface area contributed by atoms with Gasteiger partial charge in [0, 0.05) is 24.6 Å². The molecule has 172 valence electrons. The summed E-state index contributed by atoms with van der Waals surface area (Å²) < 4.78 is 27.4. The van der Waals surface area contributed by atoms with E-state index in [4.69, 9.17) is 4.98 Å². The number of likely N-dealkylation sites (tertiary alicyclic amines) is 1. The number of para-hydroxylation sites is 2. The lowest BCUT2D eigenvalue weighted by Crippen LogP contribution is -2.46. The molecule has 3 heterocycles. The van der Waals surface area contributed by atoms with Crippen molar-refractivity contribution in [1.82, 2.24) is 19.6 Å². The van der Waals surface area contributed by atoms with Crippen LogP contribution < -0.4 is 4.72 Å². The molecule has 3 aromatic rings. The van der Waals surface area contributed by atoms with E-state index in [9.17, 15) is 13.2 Å². The van der Waals surface area contributed by atoms with Gasteiger partial charge in [0.25, 0.3) is 10.0 Å².